The topological polar surface area (TPSA) is 49.4 Å². The molecule has 148 valence electrons. The van der Waals surface area contributed by atoms with Gasteiger partial charge in [0.1, 0.15) is 5.25 Å². The summed E-state index contributed by atoms with van der Waals surface area (Å²) in [6.07, 6.45) is 0.868. The normalized spacial score (nSPS) is 18.4. The van der Waals surface area contributed by atoms with Gasteiger partial charge in [0, 0.05) is 10.9 Å². The second-order valence-corrected chi connectivity index (χ2v) is 8.71. The molecule has 5 heteroatoms. The van der Waals surface area contributed by atoms with Gasteiger partial charge >= 0.3 is 0 Å². The van der Waals surface area contributed by atoms with Gasteiger partial charge in [0.2, 0.25) is 11.8 Å². The summed E-state index contributed by atoms with van der Waals surface area (Å²) in [5.41, 5.74) is 3.19. The van der Waals surface area contributed by atoms with Crippen molar-refractivity contribution in [1.29, 1.82) is 0 Å². The van der Waals surface area contributed by atoms with Crippen molar-refractivity contribution in [3.8, 4) is 0 Å². The third-order valence-corrected chi connectivity index (χ3v) is 6.71. The summed E-state index contributed by atoms with van der Waals surface area (Å²) >= 11 is 1.50. The molecule has 0 aliphatic carbocycles. The Hall–Kier alpha value is -2.27. The molecular formula is C23H28N2O2S. The zero-order chi connectivity index (χ0) is 20.3. The second kappa shape index (κ2) is 8.82. The van der Waals surface area contributed by atoms with E-state index in [0.717, 1.165) is 22.6 Å². The number of anilines is 1. The molecule has 28 heavy (non-hydrogen) atoms. The van der Waals surface area contributed by atoms with Gasteiger partial charge in [-0.15, -0.1) is 11.8 Å². The molecule has 2 amide bonds. The number of aryl methyl sites for hydroxylation is 1. The van der Waals surface area contributed by atoms with Gasteiger partial charge in [0.05, 0.1) is 18.2 Å². The molecule has 1 N–H and O–H groups in total. The number of carbonyl (C=O) groups excluding carboxylic acids is 2. The van der Waals surface area contributed by atoms with Crippen LogP contribution in [-0.4, -0.2) is 23.1 Å². The van der Waals surface area contributed by atoms with Gasteiger partial charge in [0.15, 0.2) is 0 Å². The molecule has 3 rings (SSSR count). The summed E-state index contributed by atoms with van der Waals surface area (Å²) < 4.78 is 0. The number of hydrogen-bond donors (Lipinski definition) is 1. The quantitative estimate of drug-likeness (QED) is 0.779. The Bertz CT molecular complexity index is 850. The number of nitrogens with zero attached hydrogens (tertiary/aromatic N) is 1. The van der Waals surface area contributed by atoms with Crippen LogP contribution in [0, 0.1) is 12.8 Å². The molecule has 0 radical (unpaired) electrons. The molecule has 1 heterocycles. The first kappa shape index (κ1) is 20.5. The van der Waals surface area contributed by atoms with Gasteiger partial charge in [-0.1, -0.05) is 55.8 Å². The van der Waals surface area contributed by atoms with E-state index in [1.807, 2.05) is 49.9 Å². The summed E-state index contributed by atoms with van der Waals surface area (Å²) in [4.78, 5) is 28.9. The average molecular weight is 397 g/mol. The minimum absolute atomic E-state index is 0.00363. The van der Waals surface area contributed by atoms with Gasteiger partial charge < -0.3 is 10.2 Å². The molecule has 2 aromatic carbocycles. The number of rotatable bonds is 6. The predicted octanol–water partition coefficient (Wildman–Crippen LogP) is 4.55. The monoisotopic (exact) mass is 396 g/mol. The first-order valence-electron chi connectivity index (χ1n) is 9.83. The molecule has 1 aliphatic rings. The molecule has 0 saturated heterocycles. The number of nitrogens with one attached hydrogen (secondary N) is 1. The van der Waals surface area contributed by atoms with Gasteiger partial charge in [-0.25, -0.2) is 0 Å². The highest BCUT2D eigenvalue weighted by atomic mass is 32.2. The number of carbonyl (C=O) groups is 2. The van der Waals surface area contributed by atoms with Crippen molar-refractivity contribution in [2.75, 3.05) is 4.90 Å². The summed E-state index contributed by atoms with van der Waals surface area (Å²) in [5, 5.41) is 2.59. The van der Waals surface area contributed by atoms with Crippen LogP contribution >= 0.6 is 11.8 Å². The van der Waals surface area contributed by atoms with E-state index in [0.29, 0.717) is 6.54 Å². The van der Waals surface area contributed by atoms with Crippen molar-refractivity contribution < 1.29 is 9.59 Å². The summed E-state index contributed by atoms with van der Waals surface area (Å²) in [6.45, 7) is 8.43. The van der Waals surface area contributed by atoms with E-state index in [9.17, 15) is 9.59 Å². The van der Waals surface area contributed by atoms with E-state index < -0.39 is 11.2 Å². The molecular weight excluding hydrogens is 368 g/mol. The standard InChI is InChI=1S/C23H28N2O2S/c1-5-16(3)24-22(26)17(4)21-23(27)25(14-18-12-10-15(2)11-13-18)19-8-6-7-9-20(19)28-21/h6-13,16-17,21H,5,14H2,1-4H3,(H,24,26). The minimum atomic E-state index is -0.426. The minimum Gasteiger partial charge on any atom is -0.353 e. The fourth-order valence-corrected chi connectivity index (χ4v) is 4.49. The van der Waals surface area contributed by atoms with E-state index >= 15 is 0 Å². The fourth-order valence-electron chi connectivity index (χ4n) is 3.21. The number of para-hydroxylation sites is 1. The molecule has 0 spiro atoms. The van der Waals surface area contributed by atoms with Gasteiger partial charge in [-0.05, 0) is 38.0 Å². The molecule has 0 fully saturated rings. The highest BCUT2D eigenvalue weighted by Crippen LogP contribution is 2.42. The van der Waals surface area contributed by atoms with Crippen LogP contribution in [0.1, 0.15) is 38.3 Å². The van der Waals surface area contributed by atoms with Crippen molar-refractivity contribution in [2.45, 2.75) is 56.8 Å². The largest absolute Gasteiger partial charge is 0.353 e. The molecule has 0 bridgehead atoms. The Morgan fingerprint density at radius 2 is 1.82 bits per heavy atom. The van der Waals surface area contributed by atoms with E-state index in [2.05, 4.69) is 36.5 Å². The van der Waals surface area contributed by atoms with Crippen LogP contribution in [0.2, 0.25) is 0 Å². The number of thioether (sulfide) groups is 1. The lowest BCUT2D eigenvalue weighted by Crippen LogP contribution is -2.48. The molecule has 3 atom stereocenters. The molecule has 1 aliphatic heterocycles. The summed E-state index contributed by atoms with van der Waals surface area (Å²) in [7, 11) is 0. The van der Waals surface area contributed by atoms with Crippen molar-refractivity contribution in [3.63, 3.8) is 0 Å². The lowest BCUT2D eigenvalue weighted by Gasteiger charge is -2.36. The van der Waals surface area contributed by atoms with Crippen LogP contribution < -0.4 is 10.2 Å². The Labute approximate surface area is 171 Å². The maximum atomic E-state index is 13.4. The van der Waals surface area contributed by atoms with Crippen molar-refractivity contribution in [2.24, 2.45) is 5.92 Å². The van der Waals surface area contributed by atoms with Crippen molar-refractivity contribution in [1.82, 2.24) is 5.32 Å². The maximum absolute atomic E-state index is 13.4. The third kappa shape index (κ3) is 4.41. The number of benzene rings is 2. The van der Waals surface area contributed by atoms with Crippen LogP contribution in [0.4, 0.5) is 5.69 Å². The van der Waals surface area contributed by atoms with E-state index in [4.69, 9.17) is 0 Å². The summed E-state index contributed by atoms with van der Waals surface area (Å²) in [6, 6.07) is 16.3. The van der Waals surface area contributed by atoms with Crippen molar-refractivity contribution >= 4 is 29.3 Å². The molecule has 4 nitrogen and oxygen atoms in total. The zero-order valence-corrected chi connectivity index (χ0v) is 17.8. The maximum Gasteiger partial charge on any atom is 0.241 e. The van der Waals surface area contributed by atoms with Crippen LogP contribution in [-0.2, 0) is 16.1 Å². The van der Waals surface area contributed by atoms with E-state index in [-0.39, 0.29) is 17.9 Å². The van der Waals surface area contributed by atoms with E-state index in [1.165, 1.54) is 17.3 Å². The smallest absolute Gasteiger partial charge is 0.241 e. The highest BCUT2D eigenvalue weighted by Gasteiger charge is 2.39. The van der Waals surface area contributed by atoms with Gasteiger partial charge in [-0.3, -0.25) is 9.59 Å². The molecule has 2 aromatic rings. The molecule has 0 saturated carbocycles. The predicted molar refractivity (Wildman–Crippen MR) is 116 cm³/mol. The van der Waals surface area contributed by atoms with E-state index in [1.54, 1.807) is 0 Å². The number of hydrogen-bond acceptors (Lipinski definition) is 3. The summed E-state index contributed by atoms with van der Waals surface area (Å²) in [5.74, 6) is -0.466. The average Bonchev–Trinajstić information content (AvgIpc) is 2.70. The Balaban J connectivity index is 1.87. The number of fused-ring (bicyclic) bond motifs is 1. The lowest BCUT2D eigenvalue weighted by molar-refractivity contribution is -0.128. The molecule has 0 aromatic heterocycles. The van der Waals surface area contributed by atoms with Gasteiger partial charge in [0.25, 0.3) is 0 Å². The van der Waals surface area contributed by atoms with Crippen LogP contribution in [0.3, 0.4) is 0 Å². The highest BCUT2D eigenvalue weighted by molar-refractivity contribution is 8.01. The Morgan fingerprint density at radius 1 is 1.14 bits per heavy atom. The Morgan fingerprint density at radius 3 is 2.50 bits per heavy atom. The first-order valence-corrected chi connectivity index (χ1v) is 10.7. The van der Waals surface area contributed by atoms with Crippen LogP contribution in [0.5, 0.6) is 0 Å². The zero-order valence-electron chi connectivity index (χ0n) is 16.9. The SMILES string of the molecule is CCC(C)NC(=O)C(C)C1Sc2ccccc2N(Cc2ccc(C)cc2)C1=O. The lowest BCUT2D eigenvalue weighted by atomic mass is 10.0. The fraction of sp³-hybridized carbons (Fsp3) is 0.391. The molecule has 3 unspecified atom stereocenters. The Kier molecular flexibility index (Phi) is 6.45. The van der Waals surface area contributed by atoms with Gasteiger partial charge in [-0.2, -0.15) is 0 Å². The second-order valence-electron chi connectivity index (χ2n) is 7.52. The number of amides is 2. The van der Waals surface area contributed by atoms with Crippen LogP contribution in [0.15, 0.2) is 53.4 Å². The van der Waals surface area contributed by atoms with Crippen molar-refractivity contribution in [3.05, 3.63) is 59.7 Å². The van der Waals surface area contributed by atoms with Crippen LogP contribution in [0.25, 0.3) is 0 Å². The first-order chi connectivity index (χ1) is 13.4. The third-order valence-electron chi connectivity index (χ3n) is 5.25.